The topological polar surface area (TPSA) is 63.2 Å². The number of sulfone groups is 1. The van der Waals surface area contributed by atoms with E-state index >= 15 is 0 Å². The molecule has 1 amide bonds. The molecule has 22 heavy (non-hydrogen) atoms. The quantitative estimate of drug-likeness (QED) is 0.880. The van der Waals surface area contributed by atoms with Crippen molar-refractivity contribution >= 4 is 37.4 Å². The monoisotopic (exact) mass is 381 g/mol. The van der Waals surface area contributed by atoms with Crippen molar-refractivity contribution in [2.45, 2.75) is 12.7 Å². The fourth-order valence-electron chi connectivity index (χ4n) is 2.02. The summed E-state index contributed by atoms with van der Waals surface area (Å²) in [7, 11) is -3.13. The van der Waals surface area contributed by atoms with Crippen LogP contribution in [0.2, 0.25) is 0 Å². The molecule has 0 aliphatic heterocycles. The second-order valence-electron chi connectivity index (χ2n) is 5.21. The smallest absolute Gasteiger partial charge is 0.255 e. The number of nitrogens with one attached hydrogen (secondary N) is 1. The number of carbonyl (C=O) groups excluding carboxylic acids is 1. The lowest BCUT2D eigenvalue weighted by Crippen LogP contribution is -2.13. The van der Waals surface area contributed by atoms with Crippen LogP contribution in [-0.2, 0) is 15.6 Å². The van der Waals surface area contributed by atoms with E-state index in [9.17, 15) is 13.2 Å². The standard InChI is InChI=1S/C16H16BrNO3S/c1-11-6-7-15(14(17)8-11)18-16(19)13-5-3-4-12(9-13)10-22(2,20)21/h3-9H,10H2,1-2H3,(H,18,19). The van der Waals surface area contributed by atoms with Gasteiger partial charge in [0.15, 0.2) is 9.84 Å². The number of aryl methyl sites for hydroxylation is 1. The molecule has 0 fully saturated rings. The highest BCUT2D eigenvalue weighted by Crippen LogP contribution is 2.24. The zero-order valence-electron chi connectivity index (χ0n) is 12.3. The molecule has 0 unspecified atom stereocenters. The zero-order valence-corrected chi connectivity index (χ0v) is 14.7. The van der Waals surface area contributed by atoms with E-state index in [1.54, 1.807) is 24.3 Å². The fraction of sp³-hybridized carbons (Fsp3) is 0.188. The van der Waals surface area contributed by atoms with Gasteiger partial charge in [-0.25, -0.2) is 8.42 Å². The van der Waals surface area contributed by atoms with Crippen LogP contribution in [0.1, 0.15) is 21.5 Å². The summed E-state index contributed by atoms with van der Waals surface area (Å²) in [5, 5.41) is 2.81. The van der Waals surface area contributed by atoms with Crippen LogP contribution in [0.3, 0.4) is 0 Å². The van der Waals surface area contributed by atoms with Gasteiger partial charge in [0, 0.05) is 16.3 Å². The number of amides is 1. The first-order valence-corrected chi connectivity index (χ1v) is 9.44. The Balaban J connectivity index is 2.21. The van der Waals surface area contributed by atoms with Crippen molar-refractivity contribution < 1.29 is 13.2 Å². The molecule has 1 N–H and O–H groups in total. The molecule has 0 bridgehead atoms. The van der Waals surface area contributed by atoms with Crippen LogP contribution in [0.15, 0.2) is 46.9 Å². The summed E-state index contributed by atoms with van der Waals surface area (Å²) in [6.07, 6.45) is 1.17. The third kappa shape index (κ3) is 4.68. The molecule has 0 aromatic heterocycles. The van der Waals surface area contributed by atoms with Gasteiger partial charge in [0.25, 0.3) is 5.91 Å². The van der Waals surface area contributed by atoms with E-state index in [4.69, 9.17) is 0 Å². The predicted octanol–water partition coefficient (Wildman–Crippen LogP) is 3.55. The average molecular weight is 382 g/mol. The first kappa shape index (κ1) is 16.7. The Morgan fingerprint density at radius 2 is 1.91 bits per heavy atom. The number of rotatable bonds is 4. The van der Waals surface area contributed by atoms with Gasteiger partial charge >= 0.3 is 0 Å². The van der Waals surface area contributed by atoms with E-state index in [0.717, 1.165) is 10.0 Å². The Morgan fingerprint density at radius 1 is 1.18 bits per heavy atom. The molecule has 4 nitrogen and oxygen atoms in total. The maximum Gasteiger partial charge on any atom is 0.255 e. The van der Waals surface area contributed by atoms with Crippen LogP contribution in [0.4, 0.5) is 5.69 Å². The zero-order chi connectivity index (χ0) is 16.3. The molecule has 0 saturated heterocycles. The number of halogens is 1. The summed E-state index contributed by atoms with van der Waals surface area (Å²) in [5.74, 6) is -0.359. The largest absolute Gasteiger partial charge is 0.321 e. The highest BCUT2D eigenvalue weighted by Gasteiger charge is 2.11. The predicted molar refractivity (Wildman–Crippen MR) is 91.8 cm³/mol. The molecule has 0 radical (unpaired) electrons. The minimum Gasteiger partial charge on any atom is -0.321 e. The van der Waals surface area contributed by atoms with Gasteiger partial charge in [0.05, 0.1) is 11.4 Å². The van der Waals surface area contributed by atoms with Crippen LogP contribution in [0.5, 0.6) is 0 Å². The summed E-state index contributed by atoms with van der Waals surface area (Å²) < 4.78 is 23.5. The third-order valence-corrected chi connectivity index (χ3v) is 4.50. The van der Waals surface area contributed by atoms with E-state index in [0.29, 0.717) is 16.8 Å². The van der Waals surface area contributed by atoms with E-state index in [1.165, 1.54) is 6.26 Å². The number of carbonyl (C=O) groups is 1. The lowest BCUT2D eigenvalue weighted by Gasteiger charge is -2.09. The molecule has 0 atom stereocenters. The van der Waals surface area contributed by atoms with Crippen LogP contribution in [-0.4, -0.2) is 20.6 Å². The Bertz CT molecular complexity index is 816. The molecule has 0 aliphatic rings. The summed E-state index contributed by atoms with van der Waals surface area (Å²) >= 11 is 3.41. The second-order valence-corrected chi connectivity index (χ2v) is 8.20. The number of hydrogen-bond donors (Lipinski definition) is 1. The van der Waals surface area contributed by atoms with Crippen molar-refractivity contribution in [2.75, 3.05) is 11.6 Å². The average Bonchev–Trinajstić information content (AvgIpc) is 2.40. The Hall–Kier alpha value is -1.66. The fourth-order valence-corrected chi connectivity index (χ4v) is 3.40. The van der Waals surface area contributed by atoms with Crippen LogP contribution in [0, 0.1) is 6.92 Å². The van der Waals surface area contributed by atoms with Gasteiger partial charge < -0.3 is 5.32 Å². The highest BCUT2D eigenvalue weighted by atomic mass is 79.9. The number of anilines is 1. The second kappa shape index (κ2) is 6.62. The maximum absolute atomic E-state index is 12.3. The molecule has 2 aromatic rings. The summed E-state index contributed by atoms with van der Waals surface area (Å²) in [6, 6.07) is 12.3. The summed E-state index contributed by atoms with van der Waals surface area (Å²) in [4.78, 5) is 12.3. The lowest BCUT2D eigenvalue weighted by molar-refractivity contribution is 0.102. The molecule has 0 heterocycles. The van der Waals surface area contributed by atoms with Gasteiger partial charge in [-0.05, 0) is 58.2 Å². The van der Waals surface area contributed by atoms with Gasteiger partial charge in [-0.3, -0.25) is 4.79 Å². The van der Waals surface area contributed by atoms with Gasteiger partial charge in [-0.1, -0.05) is 18.2 Å². The summed E-state index contributed by atoms with van der Waals surface area (Å²) in [6.45, 7) is 1.96. The molecule has 6 heteroatoms. The molecule has 2 aromatic carbocycles. The highest BCUT2D eigenvalue weighted by molar-refractivity contribution is 9.10. The number of hydrogen-bond acceptors (Lipinski definition) is 3. The molecule has 0 saturated carbocycles. The first-order valence-electron chi connectivity index (χ1n) is 6.59. The SMILES string of the molecule is Cc1ccc(NC(=O)c2cccc(CS(C)(=O)=O)c2)c(Br)c1. The van der Waals surface area contributed by atoms with Crippen molar-refractivity contribution in [3.05, 3.63) is 63.6 Å². The Labute approximate surface area is 138 Å². The third-order valence-electron chi connectivity index (χ3n) is 2.99. The molecule has 0 aliphatic carbocycles. The number of benzene rings is 2. The molecular formula is C16H16BrNO3S. The van der Waals surface area contributed by atoms with E-state index in [1.807, 2.05) is 25.1 Å². The molecule has 0 spiro atoms. The van der Waals surface area contributed by atoms with Crippen molar-refractivity contribution in [3.63, 3.8) is 0 Å². The lowest BCUT2D eigenvalue weighted by atomic mass is 10.1. The van der Waals surface area contributed by atoms with Crippen LogP contribution in [0.25, 0.3) is 0 Å². The van der Waals surface area contributed by atoms with Gasteiger partial charge in [-0.15, -0.1) is 0 Å². The Morgan fingerprint density at radius 3 is 2.55 bits per heavy atom. The minimum atomic E-state index is -3.13. The van der Waals surface area contributed by atoms with Gasteiger partial charge in [0.1, 0.15) is 0 Å². The van der Waals surface area contributed by atoms with E-state index < -0.39 is 9.84 Å². The van der Waals surface area contributed by atoms with Crippen molar-refractivity contribution in [3.8, 4) is 0 Å². The van der Waals surface area contributed by atoms with Crippen molar-refractivity contribution in [1.29, 1.82) is 0 Å². The molecular weight excluding hydrogens is 366 g/mol. The van der Waals surface area contributed by atoms with Gasteiger partial charge in [0.2, 0.25) is 0 Å². The molecule has 2 rings (SSSR count). The summed E-state index contributed by atoms with van der Waals surface area (Å²) in [5.41, 5.74) is 2.77. The van der Waals surface area contributed by atoms with E-state index in [2.05, 4.69) is 21.2 Å². The van der Waals surface area contributed by atoms with Gasteiger partial charge in [-0.2, -0.15) is 0 Å². The Kier molecular flexibility index (Phi) is 5.03. The minimum absolute atomic E-state index is 0.0810. The maximum atomic E-state index is 12.3. The van der Waals surface area contributed by atoms with Crippen LogP contribution >= 0.6 is 15.9 Å². The first-order chi connectivity index (χ1) is 10.2. The van der Waals surface area contributed by atoms with Crippen LogP contribution < -0.4 is 5.32 Å². The van der Waals surface area contributed by atoms with Crippen molar-refractivity contribution in [1.82, 2.24) is 0 Å². The van der Waals surface area contributed by atoms with E-state index in [-0.39, 0.29) is 11.7 Å². The van der Waals surface area contributed by atoms with Crippen molar-refractivity contribution in [2.24, 2.45) is 0 Å². The molecule has 116 valence electrons. The normalized spacial score (nSPS) is 11.2.